The fraction of sp³-hybridized carbons (Fsp3) is 0.385. The van der Waals surface area contributed by atoms with E-state index in [2.05, 4.69) is 15.5 Å². The van der Waals surface area contributed by atoms with Crippen molar-refractivity contribution in [3.05, 3.63) is 71.7 Å². The van der Waals surface area contributed by atoms with Crippen LogP contribution in [0.15, 0.2) is 54.6 Å². The van der Waals surface area contributed by atoms with Crippen molar-refractivity contribution in [1.29, 1.82) is 0 Å². The summed E-state index contributed by atoms with van der Waals surface area (Å²) >= 11 is 0. The number of nitrogens with one attached hydrogen (secondary N) is 1. The van der Waals surface area contributed by atoms with Crippen molar-refractivity contribution in [2.75, 3.05) is 26.3 Å². The van der Waals surface area contributed by atoms with Gasteiger partial charge in [-0.1, -0.05) is 48.6 Å². The maximum atomic E-state index is 12.8. The van der Waals surface area contributed by atoms with Gasteiger partial charge in [-0.05, 0) is 38.0 Å². The molecule has 2 aromatic heterocycles. The van der Waals surface area contributed by atoms with Crippen molar-refractivity contribution in [2.24, 2.45) is 5.73 Å². The lowest BCUT2D eigenvalue weighted by atomic mass is 10.0. The number of fused-ring (bicyclic) bond motifs is 1. The van der Waals surface area contributed by atoms with Crippen LogP contribution in [0.2, 0.25) is 0 Å². The van der Waals surface area contributed by atoms with Crippen molar-refractivity contribution < 1.29 is 19.1 Å². The molecule has 3 aromatic rings. The SMILES string of the molecule is CC(C)(N)C(=O)N[C@H](CC=Cc1ccccc1)c1nnc2cccc(COC(=O)N3CCOCC3)n12. The number of aromatic nitrogens is 3. The van der Waals surface area contributed by atoms with Gasteiger partial charge >= 0.3 is 6.09 Å². The Morgan fingerprint density at radius 1 is 1.14 bits per heavy atom. The summed E-state index contributed by atoms with van der Waals surface area (Å²) < 4.78 is 12.7. The zero-order chi connectivity index (χ0) is 25.5. The van der Waals surface area contributed by atoms with Crippen LogP contribution in [-0.2, 0) is 20.9 Å². The molecule has 1 aromatic carbocycles. The van der Waals surface area contributed by atoms with Gasteiger partial charge in [-0.25, -0.2) is 4.79 Å². The molecule has 3 heterocycles. The van der Waals surface area contributed by atoms with Crippen LogP contribution in [0.5, 0.6) is 0 Å². The second kappa shape index (κ2) is 11.3. The largest absolute Gasteiger partial charge is 0.443 e. The first kappa shape index (κ1) is 25.3. The van der Waals surface area contributed by atoms with Crippen LogP contribution in [-0.4, -0.2) is 63.3 Å². The molecular weight excluding hydrogens is 460 g/mol. The highest BCUT2D eigenvalue weighted by Gasteiger charge is 2.28. The molecule has 2 amide bonds. The predicted molar refractivity (Wildman–Crippen MR) is 135 cm³/mol. The summed E-state index contributed by atoms with van der Waals surface area (Å²) in [5, 5.41) is 11.7. The van der Waals surface area contributed by atoms with Crippen LogP contribution >= 0.6 is 0 Å². The topological polar surface area (TPSA) is 124 Å². The van der Waals surface area contributed by atoms with Gasteiger partial charge < -0.3 is 25.4 Å². The summed E-state index contributed by atoms with van der Waals surface area (Å²) in [6.45, 7) is 5.32. The fourth-order valence-corrected chi connectivity index (χ4v) is 3.82. The Morgan fingerprint density at radius 2 is 1.89 bits per heavy atom. The molecule has 4 rings (SSSR count). The number of pyridine rings is 1. The molecule has 0 saturated carbocycles. The van der Waals surface area contributed by atoms with Crippen LogP contribution in [0.4, 0.5) is 4.79 Å². The molecule has 1 saturated heterocycles. The minimum Gasteiger partial charge on any atom is -0.443 e. The predicted octanol–water partition coefficient (Wildman–Crippen LogP) is 2.70. The monoisotopic (exact) mass is 492 g/mol. The molecule has 1 fully saturated rings. The number of carbonyl (C=O) groups excluding carboxylic acids is 2. The molecule has 0 unspecified atom stereocenters. The quantitative estimate of drug-likeness (QED) is 0.495. The van der Waals surface area contributed by atoms with Gasteiger partial charge in [-0.3, -0.25) is 9.20 Å². The lowest BCUT2D eigenvalue weighted by Crippen LogP contribution is -2.50. The third kappa shape index (κ3) is 6.27. The Labute approximate surface area is 210 Å². The third-order valence-electron chi connectivity index (χ3n) is 5.83. The highest BCUT2D eigenvalue weighted by atomic mass is 16.6. The summed E-state index contributed by atoms with van der Waals surface area (Å²) in [6, 6.07) is 14.9. The number of rotatable bonds is 8. The molecule has 0 spiro atoms. The molecule has 0 radical (unpaired) electrons. The molecule has 1 aliphatic rings. The average Bonchev–Trinajstić information content (AvgIpc) is 3.32. The zero-order valence-corrected chi connectivity index (χ0v) is 20.6. The lowest BCUT2D eigenvalue weighted by Gasteiger charge is -2.26. The summed E-state index contributed by atoms with van der Waals surface area (Å²) in [5.74, 6) is 0.215. The van der Waals surface area contributed by atoms with Gasteiger partial charge in [-0.15, -0.1) is 10.2 Å². The first-order valence-corrected chi connectivity index (χ1v) is 12.0. The van der Waals surface area contributed by atoms with Gasteiger partial charge in [-0.2, -0.15) is 0 Å². The number of benzene rings is 1. The highest BCUT2D eigenvalue weighted by Crippen LogP contribution is 2.21. The molecule has 3 N–H and O–H groups in total. The first-order chi connectivity index (χ1) is 17.3. The maximum Gasteiger partial charge on any atom is 0.410 e. The molecule has 10 heteroatoms. The van der Waals surface area contributed by atoms with E-state index in [-0.39, 0.29) is 12.5 Å². The number of nitrogens with zero attached hydrogens (tertiary/aromatic N) is 4. The maximum absolute atomic E-state index is 12.8. The number of carbonyl (C=O) groups is 2. The third-order valence-corrected chi connectivity index (χ3v) is 5.83. The van der Waals surface area contributed by atoms with E-state index in [9.17, 15) is 9.59 Å². The van der Waals surface area contributed by atoms with Crippen LogP contribution in [0, 0.1) is 0 Å². The normalized spacial score (nSPS) is 15.2. The van der Waals surface area contributed by atoms with Crippen LogP contribution in [0.1, 0.15) is 43.4 Å². The average molecular weight is 493 g/mol. The number of amides is 2. The number of ether oxygens (including phenoxy) is 2. The van der Waals surface area contributed by atoms with E-state index in [1.165, 1.54) is 0 Å². The summed E-state index contributed by atoms with van der Waals surface area (Å²) in [4.78, 5) is 27.0. The van der Waals surface area contributed by atoms with E-state index in [0.29, 0.717) is 49.9 Å². The molecule has 0 bridgehead atoms. The summed E-state index contributed by atoms with van der Waals surface area (Å²) in [7, 11) is 0. The molecule has 36 heavy (non-hydrogen) atoms. The molecule has 190 valence electrons. The molecule has 1 aliphatic heterocycles. The van der Waals surface area contributed by atoms with Gasteiger partial charge in [0.2, 0.25) is 5.91 Å². The molecule has 1 atom stereocenters. The minimum atomic E-state index is -1.07. The number of morpholine rings is 1. The van der Waals surface area contributed by atoms with Crippen molar-refractivity contribution in [3.8, 4) is 0 Å². The van der Waals surface area contributed by atoms with Gasteiger partial charge in [0.25, 0.3) is 0 Å². The van der Waals surface area contributed by atoms with Crippen molar-refractivity contribution in [1.82, 2.24) is 24.8 Å². The van der Waals surface area contributed by atoms with Gasteiger partial charge in [0.1, 0.15) is 6.61 Å². The van der Waals surface area contributed by atoms with Crippen molar-refractivity contribution in [3.63, 3.8) is 0 Å². The van der Waals surface area contributed by atoms with Gasteiger partial charge in [0.15, 0.2) is 11.5 Å². The molecule has 10 nitrogen and oxygen atoms in total. The lowest BCUT2D eigenvalue weighted by molar-refractivity contribution is -0.126. The van der Waals surface area contributed by atoms with Crippen molar-refractivity contribution >= 4 is 23.7 Å². The molecular formula is C26H32N6O4. The van der Waals surface area contributed by atoms with E-state index >= 15 is 0 Å². The highest BCUT2D eigenvalue weighted by molar-refractivity contribution is 5.85. The standard InChI is InChI=1S/C26H32N6O4/c1-26(2,27)24(33)28-21(12-6-10-19-8-4-3-5-9-19)23-30-29-22-13-7-11-20(32(22)23)18-36-25(34)31-14-16-35-17-15-31/h3-11,13,21H,12,14-18,27H2,1-2H3,(H,28,33)/t21-/m1/s1. The number of hydrogen-bond acceptors (Lipinski definition) is 7. The van der Waals surface area contributed by atoms with Gasteiger partial charge in [0.05, 0.1) is 30.5 Å². The number of nitrogens with two attached hydrogens (primary N) is 1. The Bertz CT molecular complexity index is 1210. The molecule has 0 aliphatic carbocycles. The Hall–Kier alpha value is -3.76. The van der Waals surface area contributed by atoms with Crippen molar-refractivity contribution in [2.45, 2.75) is 38.5 Å². The van der Waals surface area contributed by atoms with E-state index < -0.39 is 17.7 Å². The smallest absolute Gasteiger partial charge is 0.410 e. The fourth-order valence-electron chi connectivity index (χ4n) is 3.82. The zero-order valence-electron chi connectivity index (χ0n) is 20.6. The number of hydrogen-bond donors (Lipinski definition) is 2. The summed E-state index contributed by atoms with van der Waals surface area (Å²) in [5.41, 5.74) is 7.30. The van der Waals surface area contributed by atoms with E-state index in [1.807, 2.05) is 65.1 Å². The van der Waals surface area contributed by atoms with Crippen LogP contribution in [0.25, 0.3) is 11.7 Å². The van der Waals surface area contributed by atoms with Gasteiger partial charge in [0, 0.05) is 13.1 Å². The Morgan fingerprint density at radius 3 is 2.61 bits per heavy atom. The summed E-state index contributed by atoms with van der Waals surface area (Å²) in [6.07, 6.45) is 4.03. The van der Waals surface area contributed by atoms with Crippen LogP contribution < -0.4 is 11.1 Å². The van der Waals surface area contributed by atoms with E-state index in [4.69, 9.17) is 15.2 Å². The Kier molecular flexibility index (Phi) is 7.97. The second-order valence-corrected chi connectivity index (χ2v) is 9.22. The first-order valence-electron chi connectivity index (χ1n) is 12.0. The Balaban J connectivity index is 1.59. The van der Waals surface area contributed by atoms with E-state index in [1.54, 1.807) is 18.7 Å². The minimum absolute atomic E-state index is 0.0292. The second-order valence-electron chi connectivity index (χ2n) is 9.22. The van der Waals surface area contributed by atoms with Crippen LogP contribution in [0.3, 0.4) is 0 Å². The van der Waals surface area contributed by atoms with E-state index in [0.717, 1.165) is 5.56 Å².